The average Bonchev–Trinajstić information content (AvgIpc) is 2.03. The summed E-state index contributed by atoms with van der Waals surface area (Å²) in [5, 5.41) is 8.31. The van der Waals surface area contributed by atoms with Crippen molar-refractivity contribution in [3.05, 3.63) is 23.8 Å². The van der Waals surface area contributed by atoms with Gasteiger partial charge in [-0.25, -0.2) is 4.79 Å². The molecule has 2 heteroatoms. The van der Waals surface area contributed by atoms with Gasteiger partial charge in [0, 0.05) is 5.57 Å². The Morgan fingerprint density at radius 2 is 1.82 bits per heavy atom. The van der Waals surface area contributed by atoms with E-state index in [1.807, 2.05) is 20.8 Å². The van der Waals surface area contributed by atoms with E-state index in [-0.39, 0.29) is 0 Å². The molecule has 64 valence electrons. The molecule has 0 atom stereocenters. The first kappa shape index (κ1) is 12.6. The van der Waals surface area contributed by atoms with Crippen LogP contribution in [-0.4, -0.2) is 11.1 Å². The Bertz CT molecular complexity index is 155. The molecule has 1 N–H and O–H groups in total. The van der Waals surface area contributed by atoms with Gasteiger partial charge < -0.3 is 5.11 Å². The van der Waals surface area contributed by atoms with Crippen molar-refractivity contribution in [1.82, 2.24) is 0 Å². The van der Waals surface area contributed by atoms with Crippen molar-refractivity contribution < 1.29 is 9.90 Å². The summed E-state index contributed by atoms with van der Waals surface area (Å²) in [5.74, 6) is -0.867. The second-order valence-corrected chi connectivity index (χ2v) is 1.68. The third kappa shape index (κ3) is 8.95. The maximum absolute atomic E-state index is 10.1. The number of allylic oxidation sites excluding steroid dienone is 3. The van der Waals surface area contributed by atoms with Crippen LogP contribution in [0.3, 0.4) is 0 Å². The van der Waals surface area contributed by atoms with Gasteiger partial charge in [0.2, 0.25) is 0 Å². The summed E-state index contributed by atoms with van der Waals surface area (Å²) in [6.07, 6.45) is 5.04. The number of carbonyl (C=O) groups is 1. The van der Waals surface area contributed by atoms with Gasteiger partial charge in [0.1, 0.15) is 0 Å². The second-order valence-electron chi connectivity index (χ2n) is 1.68. The maximum Gasteiger partial charge on any atom is 0.331 e. The lowest BCUT2D eigenvalue weighted by molar-refractivity contribution is -0.132. The number of aliphatic carboxylic acids is 1. The number of rotatable bonds is 2. The molecule has 0 aliphatic heterocycles. The summed E-state index contributed by atoms with van der Waals surface area (Å²) in [4.78, 5) is 10.1. The highest BCUT2D eigenvalue weighted by Gasteiger charge is 1.94. The Balaban J connectivity index is 0. The molecule has 0 aliphatic carbocycles. The second kappa shape index (κ2) is 8.95. The summed E-state index contributed by atoms with van der Waals surface area (Å²) in [6.45, 7) is 7.40. The SMILES string of the molecule is C/C=C\C=C(/C)C(=O)O.CC. The molecule has 0 saturated carbocycles. The zero-order chi connectivity index (χ0) is 9.28. The fourth-order valence-electron chi connectivity index (χ4n) is 0.312. The lowest BCUT2D eigenvalue weighted by atomic mass is 10.3. The van der Waals surface area contributed by atoms with Crippen LogP contribution < -0.4 is 0 Å². The third-order valence-electron chi connectivity index (χ3n) is 0.876. The van der Waals surface area contributed by atoms with Gasteiger partial charge in [-0.1, -0.05) is 32.1 Å². The van der Waals surface area contributed by atoms with Gasteiger partial charge in [-0.05, 0) is 13.8 Å². The average molecular weight is 156 g/mol. The molecule has 0 heterocycles. The number of hydrogen-bond donors (Lipinski definition) is 1. The van der Waals surface area contributed by atoms with E-state index < -0.39 is 5.97 Å². The van der Waals surface area contributed by atoms with Crippen molar-refractivity contribution in [3.63, 3.8) is 0 Å². The van der Waals surface area contributed by atoms with Crippen LogP contribution in [0.15, 0.2) is 23.8 Å². The maximum atomic E-state index is 10.1. The van der Waals surface area contributed by atoms with Crippen LogP contribution in [0.1, 0.15) is 27.7 Å². The molecule has 0 rings (SSSR count). The van der Waals surface area contributed by atoms with E-state index >= 15 is 0 Å². The van der Waals surface area contributed by atoms with E-state index in [4.69, 9.17) is 5.11 Å². The lowest BCUT2D eigenvalue weighted by Gasteiger charge is -1.85. The minimum atomic E-state index is -0.867. The molecule has 0 fully saturated rings. The van der Waals surface area contributed by atoms with Gasteiger partial charge in [-0.3, -0.25) is 0 Å². The molecule has 2 nitrogen and oxygen atoms in total. The van der Waals surface area contributed by atoms with Crippen LogP contribution >= 0.6 is 0 Å². The first-order chi connectivity index (χ1) is 5.18. The molecule has 0 aromatic heterocycles. The summed E-state index contributed by atoms with van der Waals surface area (Å²) >= 11 is 0. The van der Waals surface area contributed by atoms with E-state index in [2.05, 4.69) is 0 Å². The number of hydrogen-bond acceptors (Lipinski definition) is 1. The molecule has 0 aromatic carbocycles. The van der Waals surface area contributed by atoms with E-state index in [1.165, 1.54) is 0 Å². The van der Waals surface area contributed by atoms with Gasteiger partial charge in [0.15, 0.2) is 0 Å². The molecule has 0 aromatic rings. The Morgan fingerprint density at radius 1 is 1.36 bits per heavy atom. The minimum absolute atomic E-state index is 0.355. The van der Waals surface area contributed by atoms with Gasteiger partial charge in [-0.15, -0.1) is 0 Å². The van der Waals surface area contributed by atoms with Crippen molar-refractivity contribution in [2.75, 3.05) is 0 Å². The molecule has 0 spiro atoms. The van der Waals surface area contributed by atoms with Crippen molar-refractivity contribution >= 4 is 5.97 Å². The molecular formula is C9H16O2. The highest BCUT2D eigenvalue weighted by molar-refractivity contribution is 5.86. The topological polar surface area (TPSA) is 37.3 Å². The number of carboxylic acids is 1. The van der Waals surface area contributed by atoms with Gasteiger partial charge in [0.25, 0.3) is 0 Å². The quantitative estimate of drug-likeness (QED) is 0.493. The summed E-state index contributed by atoms with van der Waals surface area (Å²) in [5.41, 5.74) is 0.355. The molecule has 0 unspecified atom stereocenters. The van der Waals surface area contributed by atoms with Crippen LogP contribution in [0.5, 0.6) is 0 Å². The van der Waals surface area contributed by atoms with Crippen LogP contribution in [0.2, 0.25) is 0 Å². The molecule has 0 bridgehead atoms. The fraction of sp³-hybridized carbons (Fsp3) is 0.444. The highest BCUT2D eigenvalue weighted by Crippen LogP contribution is 1.91. The Hall–Kier alpha value is -1.05. The van der Waals surface area contributed by atoms with E-state index in [1.54, 1.807) is 25.2 Å². The van der Waals surface area contributed by atoms with Crippen molar-refractivity contribution in [1.29, 1.82) is 0 Å². The summed E-state index contributed by atoms with van der Waals surface area (Å²) in [7, 11) is 0. The molecule has 0 aliphatic rings. The Labute approximate surface area is 68.2 Å². The van der Waals surface area contributed by atoms with E-state index in [9.17, 15) is 4.79 Å². The van der Waals surface area contributed by atoms with Crippen LogP contribution in [0.25, 0.3) is 0 Å². The highest BCUT2D eigenvalue weighted by atomic mass is 16.4. The zero-order valence-corrected chi connectivity index (χ0v) is 7.59. The normalized spacial score (nSPS) is 10.7. The Kier molecular flexibility index (Phi) is 10.3. The van der Waals surface area contributed by atoms with Crippen molar-refractivity contribution in [2.45, 2.75) is 27.7 Å². The smallest absolute Gasteiger partial charge is 0.331 e. The largest absolute Gasteiger partial charge is 0.478 e. The van der Waals surface area contributed by atoms with Crippen LogP contribution in [0.4, 0.5) is 0 Å². The molecule has 11 heavy (non-hydrogen) atoms. The summed E-state index contributed by atoms with van der Waals surface area (Å²) in [6, 6.07) is 0. The molecule has 0 amide bonds. The standard InChI is InChI=1S/C7H10O2.C2H6/c1-3-4-5-6(2)7(8)9;1-2/h3-5H,1-2H3,(H,8,9);1-2H3/b4-3-,6-5+;. The minimum Gasteiger partial charge on any atom is -0.478 e. The van der Waals surface area contributed by atoms with E-state index in [0.29, 0.717) is 5.57 Å². The first-order valence-electron chi connectivity index (χ1n) is 3.71. The van der Waals surface area contributed by atoms with E-state index in [0.717, 1.165) is 0 Å². The van der Waals surface area contributed by atoms with Crippen molar-refractivity contribution in [2.24, 2.45) is 0 Å². The lowest BCUT2D eigenvalue weighted by Crippen LogP contribution is -1.94. The third-order valence-corrected chi connectivity index (χ3v) is 0.876. The molecular weight excluding hydrogens is 140 g/mol. The zero-order valence-electron chi connectivity index (χ0n) is 7.59. The first-order valence-corrected chi connectivity index (χ1v) is 3.71. The fourth-order valence-corrected chi connectivity index (χ4v) is 0.312. The van der Waals surface area contributed by atoms with Gasteiger partial charge >= 0.3 is 5.97 Å². The van der Waals surface area contributed by atoms with Crippen molar-refractivity contribution in [3.8, 4) is 0 Å². The van der Waals surface area contributed by atoms with Crippen LogP contribution in [0, 0.1) is 0 Å². The van der Waals surface area contributed by atoms with Crippen LogP contribution in [-0.2, 0) is 4.79 Å². The van der Waals surface area contributed by atoms with Gasteiger partial charge in [-0.2, -0.15) is 0 Å². The predicted octanol–water partition coefficient (Wildman–Crippen LogP) is 2.62. The molecule has 0 saturated heterocycles. The van der Waals surface area contributed by atoms with Gasteiger partial charge in [0.05, 0.1) is 0 Å². The number of carboxylic acid groups (broad SMARTS) is 1. The Morgan fingerprint density at radius 3 is 2.09 bits per heavy atom. The monoisotopic (exact) mass is 156 g/mol. The predicted molar refractivity (Wildman–Crippen MR) is 47.6 cm³/mol. The summed E-state index contributed by atoms with van der Waals surface area (Å²) < 4.78 is 0. The molecule has 0 radical (unpaired) electrons.